The first-order valence-electron chi connectivity index (χ1n) is 8.50. The van der Waals surface area contributed by atoms with Gasteiger partial charge in [-0.1, -0.05) is 80.4 Å². The fourth-order valence-corrected chi connectivity index (χ4v) is 3.10. The SMILES string of the molecule is COC(C#C[C@H](C(C)C)[NH+](C)C)(c1ccccc1)c1ccccc1. The van der Waals surface area contributed by atoms with E-state index in [0.29, 0.717) is 5.92 Å². The summed E-state index contributed by atoms with van der Waals surface area (Å²) in [6, 6.07) is 20.7. The Kier molecular flexibility index (Phi) is 6.20. The Bertz CT molecular complexity index is 633. The van der Waals surface area contributed by atoms with Gasteiger partial charge < -0.3 is 9.64 Å². The van der Waals surface area contributed by atoms with Gasteiger partial charge in [0.05, 0.1) is 14.1 Å². The van der Waals surface area contributed by atoms with Crippen LogP contribution in [0.15, 0.2) is 60.7 Å². The lowest BCUT2D eigenvalue weighted by molar-refractivity contribution is -0.880. The monoisotopic (exact) mass is 322 g/mol. The molecular formula is C22H28NO+. The maximum absolute atomic E-state index is 6.04. The topological polar surface area (TPSA) is 13.7 Å². The fraction of sp³-hybridized carbons (Fsp3) is 0.364. The van der Waals surface area contributed by atoms with Crippen LogP contribution in [0.2, 0.25) is 0 Å². The molecule has 126 valence electrons. The van der Waals surface area contributed by atoms with E-state index in [0.717, 1.165) is 11.1 Å². The molecule has 2 aromatic carbocycles. The van der Waals surface area contributed by atoms with Gasteiger partial charge in [-0.15, -0.1) is 0 Å². The molecule has 0 spiro atoms. The molecular weight excluding hydrogens is 294 g/mol. The van der Waals surface area contributed by atoms with Crippen molar-refractivity contribution in [2.24, 2.45) is 5.92 Å². The highest BCUT2D eigenvalue weighted by Crippen LogP contribution is 2.32. The Hall–Kier alpha value is -2.08. The molecule has 0 saturated heterocycles. The molecule has 0 heterocycles. The molecule has 2 heteroatoms. The van der Waals surface area contributed by atoms with Crippen molar-refractivity contribution in [2.75, 3.05) is 21.2 Å². The highest BCUT2D eigenvalue weighted by molar-refractivity contribution is 5.45. The zero-order chi connectivity index (χ0) is 17.6. The number of ether oxygens (including phenoxy) is 1. The van der Waals surface area contributed by atoms with E-state index in [1.807, 2.05) is 36.4 Å². The number of quaternary nitrogens is 1. The van der Waals surface area contributed by atoms with Gasteiger partial charge in [-0.3, -0.25) is 0 Å². The molecule has 24 heavy (non-hydrogen) atoms. The van der Waals surface area contributed by atoms with E-state index >= 15 is 0 Å². The van der Waals surface area contributed by atoms with E-state index in [-0.39, 0.29) is 6.04 Å². The third kappa shape index (κ3) is 3.87. The average molecular weight is 322 g/mol. The van der Waals surface area contributed by atoms with Crippen LogP contribution in [0.3, 0.4) is 0 Å². The van der Waals surface area contributed by atoms with Gasteiger partial charge in [0.2, 0.25) is 0 Å². The second-order valence-electron chi connectivity index (χ2n) is 6.69. The standard InChI is InChI=1S/C22H27NO/c1-18(2)21(23(3)4)16-17-22(24-5,19-12-8-6-9-13-19)20-14-10-7-11-15-20/h6-15,18,21H,1-5H3/p+1/t21-/m1/s1. The first-order valence-corrected chi connectivity index (χ1v) is 8.50. The van der Waals surface area contributed by atoms with Gasteiger partial charge in [-0.2, -0.15) is 0 Å². The van der Waals surface area contributed by atoms with Gasteiger partial charge in [-0.05, 0) is 5.92 Å². The molecule has 2 aromatic rings. The van der Waals surface area contributed by atoms with Crippen LogP contribution in [0.25, 0.3) is 0 Å². The van der Waals surface area contributed by atoms with Crippen molar-refractivity contribution in [1.82, 2.24) is 0 Å². The van der Waals surface area contributed by atoms with Crippen molar-refractivity contribution in [2.45, 2.75) is 25.5 Å². The number of hydrogen-bond acceptors (Lipinski definition) is 1. The quantitative estimate of drug-likeness (QED) is 0.836. The summed E-state index contributed by atoms with van der Waals surface area (Å²) in [6.45, 7) is 4.43. The molecule has 1 N–H and O–H groups in total. The highest BCUT2D eigenvalue weighted by atomic mass is 16.5. The second-order valence-corrected chi connectivity index (χ2v) is 6.69. The lowest BCUT2D eigenvalue weighted by Crippen LogP contribution is -3.10. The summed E-state index contributed by atoms with van der Waals surface area (Å²) in [5, 5.41) is 0. The van der Waals surface area contributed by atoms with Crippen LogP contribution < -0.4 is 4.90 Å². The number of hydrogen-bond donors (Lipinski definition) is 1. The summed E-state index contributed by atoms with van der Waals surface area (Å²) in [7, 11) is 6.04. The Balaban J connectivity index is 2.60. The molecule has 0 saturated carbocycles. The maximum Gasteiger partial charge on any atom is 0.179 e. The van der Waals surface area contributed by atoms with Crippen LogP contribution in [-0.2, 0) is 10.3 Å². The van der Waals surface area contributed by atoms with E-state index in [1.165, 1.54) is 4.90 Å². The Morgan fingerprint density at radius 3 is 1.67 bits per heavy atom. The summed E-state index contributed by atoms with van der Waals surface area (Å²) in [6.07, 6.45) is 0. The van der Waals surface area contributed by atoms with Crippen molar-refractivity contribution in [1.29, 1.82) is 0 Å². The molecule has 0 aromatic heterocycles. The van der Waals surface area contributed by atoms with Gasteiger partial charge in [-0.25, -0.2) is 0 Å². The minimum Gasteiger partial charge on any atom is -0.357 e. The van der Waals surface area contributed by atoms with Crippen molar-refractivity contribution in [3.8, 4) is 11.8 Å². The Morgan fingerprint density at radius 2 is 1.33 bits per heavy atom. The van der Waals surface area contributed by atoms with E-state index in [1.54, 1.807) is 7.11 Å². The van der Waals surface area contributed by atoms with Crippen LogP contribution in [0.5, 0.6) is 0 Å². The largest absolute Gasteiger partial charge is 0.357 e. The summed E-state index contributed by atoms with van der Waals surface area (Å²) >= 11 is 0. The van der Waals surface area contributed by atoms with E-state index in [4.69, 9.17) is 4.74 Å². The molecule has 0 bridgehead atoms. The lowest BCUT2D eigenvalue weighted by atomic mass is 9.86. The molecule has 0 amide bonds. The summed E-state index contributed by atoms with van der Waals surface area (Å²) in [5.74, 6) is 7.46. The predicted octanol–water partition coefficient (Wildman–Crippen LogP) is 2.75. The average Bonchev–Trinajstić information content (AvgIpc) is 2.60. The molecule has 0 aliphatic heterocycles. The third-order valence-corrected chi connectivity index (χ3v) is 4.36. The van der Waals surface area contributed by atoms with Gasteiger partial charge in [0, 0.05) is 24.2 Å². The van der Waals surface area contributed by atoms with Gasteiger partial charge in [0.1, 0.15) is 0 Å². The van der Waals surface area contributed by atoms with E-state index in [2.05, 4.69) is 64.0 Å². The predicted molar refractivity (Wildman–Crippen MR) is 99.9 cm³/mol. The van der Waals surface area contributed by atoms with Gasteiger partial charge >= 0.3 is 0 Å². The summed E-state index contributed by atoms with van der Waals surface area (Å²) < 4.78 is 6.04. The molecule has 2 rings (SSSR count). The summed E-state index contributed by atoms with van der Waals surface area (Å²) in [4.78, 5) is 1.34. The Labute approximate surface area is 146 Å². The molecule has 0 fully saturated rings. The molecule has 0 unspecified atom stereocenters. The zero-order valence-corrected chi connectivity index (χ0v) is 15.3. The smallest absolute Gasteiger partial charge is 0.179 e. The minimum atomic E-state index is -0.745. The van der Waals surface area contributed by atoms with E-state index in [9.17, 15) is 0 Å². The number of methoxy groups -OCH3 is 1. The molecule has 1 atom stereocenters. The lowest BCUT2D eigenvalue weighted by Gasteiger charge is -2.29. The van der Waals surface area contributed by atoms with Crippen LogP contribution >= 0.6 is 0 Å². The highest BCUT2D eigenvalue weighted by Gasteiger charge is 2.33. The Morgan fingerprint density at radius 1 is 0.875 bits per heavy atom. The summed E-state index contributed by atoms with van der Waals surface area (Å²) in [5.41, 5.74) is 1.37. The first kappa shape index (κ1) is 18.3. The minimum absolute atomic E-state index is 0.256. The second kappa shape index (κ2) is 8.15. The van der Waals surface area contributed by atoms with Crippen molar-refractivity contribution >= 4 is 0 Å². The van der Waals surface area contributed by atoms with Crippen LogP contribution in [-0.4, -0.2) is 27.2 Å². The zero-order valence-electron chi connectivity index (χ0n) is 15.3. The van der Waals surface area contributed by atoms with Crippen molar-refractivity contribution in [3.05, 3.63) is 71.8 Å². The van der Waals surface area contributed by atoms with Crippen molar-refractivity contribution < 1.29 is 9.64 Å². The van der Waals surface area contributed by atoms with E-state index < -0.39 is 5.60 Å². The molecule has 0 aliphatic carbocycles. The normalized spacial score (nSPS) is 12.8. The van der Waals surface area contributed by atoms with Crippen LogP contribution in [0.4, 0.5) is 0 Å². The molecule has 0 aliphatic rings. The first-order chi connectivity index (χ1) is 11.5. The number of nitrogens with one attached hydrogen (secondary N) is 1. The van der Waals surface area contributed by atoms with Crippen LogP contribution in [0, 0.1) is 17.8 Å². The fourth-order valence-electron chi connectivity index (χ4n) is 3.10. The number of rotatable bonds is 5. The third-order valence-electron chi connectivity index (χ3n) is 4.36. The maximum atomic E-state index is 6.04. The number of benzene rings is 2. The van der Waals surface area contributed by atoms with Crippen LogP contribution in [0.1, 0.15) is 25.0 Å². The molecule has 2 nitrogen and oxygen atoms in total. The van der Waals surface area contributed by atoms with Gasteiger partial charge in [0.15, 0.2) is 11.6 Å². The molecule has 0 radical (unpaired) electrons. The van der Waals surface area contributed by atoms with Crippen molar-refractivity contribution in [3.63, 3.8) is 0 Å². The van der Waals surface area contributed by atoms with Gasteiger partial charge in [0.25, 0.3) is 0 Å².